The Labute approximate surface area is 154 Å². The van der Waals surface area contributed by atoms with Crippen LogP contribution in [0.3, 0.4) is 0 Å². The van der Waals surface area contributed by atoms with Crippen molar-refractivity contribution in [1.29, 1.82) is 0 Å². The zero-order chi connectivity index (χ0) is 18.3. The molecule has 4 rings (SSSR count). The van der Waals surface area contributed by atoms with Crippen molar-refractivity contribution < 1.29 is 14.2 Å². The molecular formula is C20H25N3O3. The van der Waals surface area contributed by atoms with Gasteiger partial charge in [0.25, 0.3) is 0 Å². The van der Waals surface area contributed by atoms with Gasteiger partial charge in [-0.05, 0) is 25.8 Å². The van der Waals surface area contributed by atoms with Crippen molar-refractivity contribution in [3.05, 3.63) is 41.0 Å². The largest absolute Gasteiger partial charge is 0.496 e. The predicted molar refractivity (Wildman–Crippen MR) is 97.9 cm³/mol. The number of nitrogens with zero attached hydrogens (tertiary/aromatic N) is 3. The molecule has 6 heteroatoms. The van der Waals surface area contributed by atoms with E-state index >= 15 is 0 Å². The predicted octanol–water partition coefficient (Wildman–Crippen LogP) is 3.07. The summed E-state index contributed by atoms with van der Waals surface area (Å²) >= 11 is 0. The van der Waals surface area contributed by atoms with E-state index in [1.165, 1.54) is 17.7 Å². The fourth-order valence-corrected chi connectivity index (χ4v) is 4.33. The monoisotopic (exact) mass is 355 g/mol. The Bertz CT molecular complexity index is 824. The molecule has 1 aromatic heterocycles. The molecule has 2 aliphatic rings. The highest BCUT2D eigenvalue weighted by atomic mass is 16.5. The minimum atomic E-state index is 0.377. The van der Waals surface area contributed by atoms with Crippen LogP contribution in [0.4, 0.5) is 0 Å². The molecule has 0 amide bonds. The lowest BCUT2D eigenvalue weighted by atomic mass is 9.98. The maximum atomic E-state index is 5.62. The lowest BCUT2D eigenvalue weighted by Gasteiger charge is -2.36. The summed E-state index contributed by atoms with van der Waals surface area (Å²) in [6, 6.07) is 4.82. The van der Waals surface area contributed by atoms with Gasteiger partial charge in [-0.3, -0.25) is 4.90 Å². The second-order valence-electron chi connectivity index (χ2n) is 6.96. The molecule has 2 atom stereocenters. The number of hydrogen-bond donors (Lipinski definition) is 0. The number of fused-ring (bicyclic) bond motifs is 4. The molecule has 1 saturated heterocycles. The van der Waals surface area contributed by atoms with Gasteiger partial charge in [0.15, 0.2) is 11.5 Å². The van der Waals surface area contributed by atoms with Crippen molar-refractivity contribution >= 4 is 0 Å². The quantitative estimate of drug-likeness (QED) is 0.822. The molecule has 2 aliphatic heterocycles. The molecule has 0 saturated carbocycles. The van der Waals surface area contributed by atoms with Crippen LogP contribution < -0.4 is 14.2 Å². The fraction of sp³-hybridized carbons (Fsp3) is 0.500. The molecule has 3 heterocycles. The number of ether oxygens (including phenoxy) is 3. The van der Waals surface area contributed by atoms with E-state index in [-0.39, 0.29) is 0 Å². The van der Waals surface area contributed by atoms with Crippen molar-refractivity contribution in [3.63, 3.8) is 0 Å². The van der Waals surface area contributed by atoms with Gasteiger partial charge in [-0.25, -0.2) is 9.97 Å². The molecule has 0 aliphatic carbocycles. The molecule has 2 bridgehead atoms. The Morgan fingerprint density at radius 2 is 1.77 bits per heavy atom. The van der Waals surface area contributed by atoms with E-state index in [1.54, 1.807) is 21.3 Å². The van der Waals surface area contributed by atoms with Gasteiger partial charge in [-0.2, -0.15) is 0 Å². The number of rotatable bonds is 5. The normalized spacial score (nSPS) is 21.4. The Hall–Kier alpha value is -2.34. The van der Waals surface area contributed by atoms with E-state index in [0.717, 1.165) is 42.3 Å². The van der Waals surface area contributed by atoms with Crippen molar-refractivity contribution in [1.82, 2.24) is 14.9 Å². The van der Waals surface area contributed by atoms with Crippen molar-refractivity contribution in [3.8, 4) is 17.2 Å². The zero-order valence-corrected chi connectivity index (χ0v) is 15.8. The molecule has 6 nitrogen and oxygen atoms in total. The maximum absolute atomic E-state index is 5.62. The Kier molecular flexibility index (Phi) is 4.44. The van der Waals surface area contributed by atoms with Crippen LogP contribution >= 0.6 is 0 Å². The summed E-state index contributed by atoms with van der Waals surface area (Å²) < 4.78 is 16.5. The van der Waals surface area contributed by atoms with Crippen LogP contribution in [0.25, 0.3) is 0 Å². The maximum Gasteiger partial charge on any atom is 0.164 e. The smallest absolute Gasteiger partial charge is 0.164 e. The van der Waals surface area contributed by atoms with Crippen LogP contribution in [0, 0.1) is 6.92 Å². The highest BCUT2D eigenvalue weighted by molar-refractivity contribution is 5.51. The standard InChI is InChI=1S/C20H25N3O3/c1-12-21-10-15-16(22-12)8-14-5-6-17(15)23(14)11-13-7-19(25-3)20(26-4)9-18(13)24-2/h7,9-10,14,17H,5-6,8,11H2,1-4H3/t14-,17+/m0/s1. The third-order valence-corrected chi connectivity index (χ3v) is 5.59. The molecule has 138 valence electrons. The van der Waals surface area contributed by atoms with Gasteiger partial charge in [0.1, 0.15) is 11.6 Å². The number of aromatic nitrogens is 2. The van der Waals surface area contributed by atoms with Gasteiger partial charge in [-0.1, -0.05) is 0 Å². The van der Waals surface area contributed by atoms with Gasteiger partial charge < -0.3 is 14.2 Å². The zero-order valence-electron chi connectivity index (χ0n) is 15.8. The first-order valence-electron chi connectivity index (χ1n) is 9.01. The third kappa shape index (κ3) is 2.78. The number of hydrogen-bond acceptors (Lipinski definition) is 6. The Balaban J connectivity index is 1.67. The van der Waals surface area contributed by atoms with E-state index in [9.17, 15) is 0 Å². The first kappa shape index (κ1) is 17.1. The van der Waals surface area contributed by atoms with E-state index < -0.39 is 0 Å². The molecule has 1 fully saturated rings. The van der Waals surface area contributed by atoms with Crippen LogP contribution in [0.15, 0.2) is 18.3 Å². The summed E-state index contributed by atoms with van der Waals surface area (Å²) in [5.74, 6) is 3.10. The van der Waals surface area contributed by atoms with Gasteiger partial charge in [0.2, 0.25) is 0 Å². The second-order valence-corrected chi connectivity index (χ2v) is 6.96. The topological polar surface area (TPSA) is 56.7 Å². The molecule has 0 spiro atoms. The number of aryl methyl sites for hydroxylation is 1. The van der Waals surface area contributed by atoms with E-state index in [2.05, 4.69) is 14.9 Å². The van der Waals surface area contributed by atoms with E-state index in [1.807, 2.05) is 25.3 Å². The molecule has 0 N–H and O–H groups in total. The van der Waals surface area contributed by atoms with Crippen LogP contribution in [0.5, 0.6) is 17.2 Å². The van der Waals surface area contributed by atoms with E-state index in [4.69, 9.17) is 14.2 Å². The molecule has 1 aromatic carbocycles. The van der Waals surface area contributed by atoms with Crippen molar-refractivity contribution in [2.75, 3.05) is 21.3 Å². The number of methoxy groups -OCH3 is 3. The van der Waals surface area contributed by atoms with Gasteiger partial charge in [0.05, 0.1) is 27.0 Å². The first-order chi connectivity index (χ1) is 12.6. The van der Waals surface area contributed by atoms with Crippen LogP contribution in [-0.4, -0.2) is 42.2 Å². The summed E-state index contributed by atoms with van der Waals surface area (Å²) in [4.78, 5) is 11.7. The lowest BCUT2D eigenvalue weighted by Crippen LogP contribution is -2.37. The molecule has 2 aromatic rings. The van der Waals surface area contributed by atoms with Gasteiger partial charge in [0, 0.05) is 48.4 Å². The molecular weight excluding hydrogens is 330 g/mol. The average Bonchev–Trinajstić information content (AvgIpc) is 2.93. The summed E-state index contributed by atoms with van der Waals surface area (Å²) in [5.41, 5.74) is 3.61. The third-order valence-electron chi connectivity index (χ3n) is 5.59. The Morgan fingerprint density at radius 1 is 1.04 bits per heavy atom. The van der Waals surface area contributed by atoms with Crippen LogP contribution in [-0.2, 0) is 13.0 Å². The number of benzene rings is 1. The summed E-state index contributed by atoms with van der Waals surface area (Å²) in [6.07, 6.45) is 5.35. The first-order valence-corrected chi connectivity index (χ1v) is 9.01. The van der Waals surface area contributed by atoms with Crippen LogP contribution in [0.2, 0.25) is 0 Å². The van der Waals surface area contributed by atoms with E-state index in [0.29, 0.717) is 17.8 Å². The Morgan fingerprint density at radius 3 is 2.50 bits per heavy atom. The molecule has 26 heavy (non-hydrogen) atoms. The average molecular weight is 355 g/mol. The highest BCUT2D eigenvalue weighted by Gasteiger charge is 2.41. The minimum absolute atomic E-state index is 0.377. The van der Waals surface area contributed by atoms with Crippen LogP contribution in [0.1, 0.15) is 41.5 Å². The SMILES string of the molecule is COc1cc(OC)c(OC)cc1CN1[C@H]2CC[C@@H]1c1cnc(C)nc1C2. The molecule has 0 radical (unpaired) electrons. The fourth-order valence-electron chi connectivity index (χ4n) is 4.33. The van der Waals surface area contributed by atoms with Gasteiger partial charge in [-0.15, -0.1) is 0 Å². The second kappa shape index (κ2) is 6.76. The summed E-state index contributed by atoms with van der Waals surface area (Å²) in [5, 5.41) is 0. The highest BCUT2D eigenvalue weighted by Crippen LogP contribution is 2.45. The molecule has 0 unspecified atom stereocenters. The van der Waals surface area contributed by atoms with Gasteiger partial charge >= 0.3 is 0 Å². The summed E-state index contributed by atoms with van der Waals surface area (Å²) in [6.45, 7) is 2.77. The lowest BCUT2D eigenvalue weighted by molar-refractivity contribution is 0.164. The summed E-state index contributed by atoms with van der Waals surface area (Å²) in [7, 11) is 5.00. The van der Waals surface area contributed by atoms with Crippen molar-refractivity contribution in [2.24, 2.45) is 0 Å². The van der Waals surface area contributed by atoms with Crippen molar-refractivity contribution in [2.45, 2.75) is 44.8 Å². The minimum Gasteiger partial charge on any atom is -0.496 e.